The summed E-state index contributed by atoms with van der Waals surface area (Å²) in [7, 11) is -8.02. The molecule has 2 unspecified atom stereocenters. The number of hydrogen-bond acceptors (Lipinski definition) is 11. The Morgan fingerprint density at radius 1 is 0.597 bits per heavy atom. The molecule has 0 bridgehead atoms. The van der Waals surface area contributed by atoms with Gasteiger partial charge in [0.2, 0.25) is 0 Å². The zero-order chi connectivity index (χ0) is 55.8. The van der Waals surface area contributed by atoms with E-state index in [0.29, 0.717) is 23.8 Å². The van der Waals surface area contributed by atoms with Crippen molar-refractivity contribution in [1.29, 1.82) is 0 Å². The minimum atomic E-state index is -4.56. The minimum absolute atomic E-state index is 0.0382. The highest BCUT2D eigenvalue weighted by atomic mass is 32.2. The molecule has 4 saturated carbocycles. The Labute approximate surface area is 434 Å². The molecule has 0 spiro atoms. The number of nitrogens with two attached hydrogens (primary N) is 1. The average Bonchev–Trinajstić information content (AvgIpc) is 4.23. The van der Waals surface area contributed by atoms with Gasteiger partial charge in [0.05, 0.1) is 61.4 Å². The van der Waals surface area contributed by atoms with Gasteiger partial charge in [-0.2, -0.15) is 36.5 Å². The number of aromatic nitrogens is 6. The Kier molecular flexibility index (Phi) is 16.5. The number of halogens is 10. The van der Waals surface area contributed by atoms with Gasteiger partial charge in [-0.05, 0) is 136 Å². The number of nitrogens with zero attached hydrogens (tertiary/aromatic N) is 6. The van der Waals surface area contributed by atoms with E-state index >= 15 is 0 Å². The lowest BCUT2D eigenvalue weighted by Crippen LogP contribution is -2.31. The monoisotopic (exact) mass is 1130 g/mol. The second-order valence-electron chi connectivity index (χ2n) is 19.2. The van der Waals surface area contributed by atoms with E-state index in [1.54, 1.807) is 17.1 Å². The molecule has 4 aliphatic rings. The van der Waals surface area contributed by atoms with Crippen molar-refractivity contribution in [2.45, 2.75) is 128 Å². The number of carboxylic acids is 1. The van der Waals surface area contributed by atoms with E-state index in [1.165, 1.54) is 23.0 Å². The largest absolute Gasteiger partial charge is 0.481 e. The summed E-state index contributed by atoms with van der Waals surface area (Å²) >= 11 is 0. The predicted octanol–water partition coefficient (Wildman–Crippen LogP) is 9.82. The van der Waals surface area contributed by atoms with Gasteiger partial charge in [-0.15, -0.1) is 0 Å². The van der Waals surface area contributed by atoms with E-state index in [9.17, 15) is 70.3 Å². The maximum atomic E-state index is 14.4. The molecular weight excluding hydrogens is 1080 g/mol. The van der Waals surface area contributed by atoms with Crippen LogP contribution < -0.4 is 5.73 Å². The molecule has 0 saturated heterocycles. The number of ketones is 1. The van der Waals surface area contributed by atoms with Crippen LogP contribution in [0.3, 0.4) is 0 Å². The van der Waals surface area contributed by atoms with E-state index in [2.05, 4.69) is 20.2 Å². The quantitative estimate of drug-likeness (QED) is 0.0771. The number of hydrogen-bond donors (Lipinski definition) is 2. The Morgan fingerprint density at radius 3 is 1.38 bits per heavy atom. The number of carbonyl (C=O) groups excluding carboxylic acids is 1. The first-order valence-electron chi connectivity index (χ1n) is 24.2. The molecule has 2 aromatic carbocycles. The Morgan fingerprint density at radius 2 is 1.00 bits per heavy atom. The van der Waals surface area contributed by atoms with Crippen molar-refractivity contribution in [1.82, 2.24) is 29.5 Å². The smallest absolute Gasteiger partial charge is 0.433 e. The van der Waals surface area contributed by atoms with Crippen molar-refractivity contribution >= 4 is 31.4 Å². The molecule has 4 aromatic heterocycles. The van der Waals surface area contributed by atoms with Crippen molar-refractivity contribution in [2.75, 3.05) is 0 Å². The van der Waals surface area contributed by atoms with Gasteiger partial charge >= 0.3 is 18.3 Å². The van der Waals surface area contributed by atoms with Crippen LogP contribution in [0.2, 0.25) is 0 Å². The highest BCUT2D eigenvalue weighted by molar-refractivity contribution is 7.92. The topological polar surface area (TPSA) is 210 Å². The second-order valence-corrected chi connectivity index (χ2v) is 23.6. The summed E-state index contributed by atoms with van der Waals surface area (Å²) in [6.07, 6.45) is -3.19. The van der Waals surface area contributed by atoms with Gasteiger partial charge in [0.25, 0.3) is 0 Å². The van der Waals surface area contributed by atoms with Crippen LogP contribution in [0, 0.1) is 23.5 Å². The normalized spacial score (nSPS) is 21.7. The molecule has 4 aliphatic carbocycles. The predicted molar refractivity (Wildman–Crippen MR) is 256 cm³/mol. The summed E-state index contributed by atoms with van der Waals surface area (Å²) < 4.78 is 183. The number of benzene rings is 2. The molecule has 4 fully saturated rings. The fourth-order valence-electron chi connectivity index (χ4n) is 9.45. The van der Waals surface area contributed by atoms with Gasteiger partial charge in [-0.3, -0.25) is 9.59 Å². The van der Waals surface area contributed by atoms with Crippen LogP contribution in [-0.2, 0) is 54.6 Å². The number of rotatable bonds is 14. The van der Waals surface area contributed by atoms with Gasteiger partial charge < -0.3 is 10.8 Å². The van der Waals surface area contributed by atoms with E-state index in [4.69, 9.17) is 10.8 Å². The average molecular weight is 1130 g/mol. The number of aliphatic carboxylic acids is 1. The summed E-state index contributed by atoms with van der Waals surface area (Å²) in [6, 6.07) is 12.8. The van der Waals surface area contributed by atoms with Crippen LogP contribution in [0.25, 0.3) is 11.4 Å². The number of alkyl halides is 8. The Hall–Kier alpha value is -6.54. The fourth-order valence-corrected chi connectivity index (χ4v) is 13.5. The molecule has 412 valence electrons. The lowest BCUT2D eigenvalue weighted by molar-refractivity contribution is -0.142. The van der Waals surface area contributed by atoms with Gasteiger partial charge in [0.15, 0.2) is 19.7 Å². The molecule has 77 heavy (non-hydrogen) atoms. The van der Waals surface area contributed by atoms with E-state index in [0.717, 1.165) is 115 Å². The first kappa shape index (κ1) is 56.7. The molecule has 14 nitrogen and oxygen atoms in total. The standard InChI is InChI=1S/C26H24F5N3O3S.C13H13F3N4.C12H12F2O4S/c27-17-4-7-20(8-5-17)38(36,37)23-12-18(28)11-21(23)22(35)9-3-16-14-34(33-25(16)15-1-2-15)19-6-10-24(32-13-19)26(29,30)31;14-13(15,16)11-4-3-10(6-18-11)20-7-9(5-17)12(19-20)8-1-2-8;13-7-1-3-9(4-2-7)19(17,18)11-6-8(14)5-10(11)12(15)16/h4-8,10,13-15,18,21,23H,1-3,9,11-12H2;3-4,6-8H,1-2,5,17H2;1-4,8,10-11H,5-6H2,(H,15,16)/t18-,21+,23?;;8-,10-,11?/m1.1/s1. The number of Topliss-reactive ketones (excluding diaryl/α,β-unsaturated/α-hetero) is 1. The second kappa shape index (κ2) is 22.4. The lowest BCUT2D eigenvalue weighted by atomic mass is 9.96. The molecule has 10 rings (SSSR count). The van der Waals surface area contributed by atoms with E-state index < -0.39 is 95.7 Å². The molecule has 4 heterocycles. The van der Waals surface area contributed by atoms with Gasteiger partial charge in [0, 0.05) is 48.7 Å². The molecule has 6 aromatic rings. The molecule has 6 atom stereocenters. The third-order valence-corrected chi connectivity index (χ3v) is 18.2. The van der Waals surface area contributed by atoms with Gasteiger partial charge in [-0.1, -0.05) is 0 Å². The molecule has 26 heteroatoms. The maximum Gasteiger partial charge on any atom is 0.433 e. The van der Waals surface area contributed by atoms with Gasteiger partial charge in [0.1, 0.15) is 41.1 Å². The zero-order valence-electron chi connectivity index (χ0n) is 40.4. The van der Waals surface area contributed by atoms with Gasteiger partial charge in [-0.25, -0.2) is 53.7 Å². The number of carboxylic acid groups (broad SMARTS) is 1. The summed E-state index contributed by atoms with van der Waals surface area (Å²) in [6.45, 7) is 0.375. The Bertz CT molecular complexity index is 3300. The van der Waals surface area contributed by atoms with Crippen LogP contribution in [0.5, 0.6) is 0 Å². The summed E-state index contributed by atoms with van der Waals surface area (Å²) in [5.74, 6) is -4.57. The van der Waals surface area contributed by atoms with E-state index in [-0.39, 0.29) is 60.0 Å². The SMILES string of the molecule is NCc1cn(-c2ccc(C(F)(F)F)nc2)nc1C1CC1.O=C(CCc1cn(-c2ccc(C(F)(F)F)nc2)nc1C1CC1)[C@@H]1C[C@@H](F)CC1S(=O)(=O)c1ccc(F)cc1.O=C(O)[C@@H]1C[C@@H](F)CC1S(=O)(=O)c1ccc(F)cc1. The third kappa shape index (κ3) is 13.2. The number of aryl methyl sites for hydroxylation is 1. The van der Waals surface area contributed by atoms with Crippen LogP contribution in [-0.4, -0.2) is 86.1 Å². The minimum Gasteiger partial charge on any atom is -0.481 e. The van der Waals surface area contributed by atoms with Crippen molar-refractivity contribution in [3.05, 3.63) is 143 Å². The van der Waals surface area contributed by atoms with Crippen LogP contribution in [0.4, 0.5) is 43.9 Å². The maximum absolute atomic E-state index is 14.4. The zero-order valence-corrected chi connectivity index (χ0v) is 42.0. The highest BCUT2D eigenvalue weighted by Gasteiger charge is 2.48. The summed E-state index contributed by atoms with van der Waals surface area (Å²) in [5, 5.41) is 15.4. The number of sulfone groups is 2. The molecule has 0 aliphatic heterocycles. The fraction of sp³-hybridized carbons (Fsp3) is 0.412. The highest BCUT2D eigenvalue weighted by Crippen LogP contribution is 2.44. The van der Waals surface area contributed by atoms with E-state index in [1.807, 2.05) is 0 Å². The van der Waals surface area contributed by atoms with Crippen molar-refractivity contribution in [3.63, 3.8) is 0 Å². The molecule has 0 amide bonds. The van der Waals surface area contributed by atoms with Crippen LogP contribution >= 0.6 is 0 Å². The summed E-state index contributed by atoms with van der Waals surface area (Å²) in [5.41, 5.74) is 7.93. The molecular formula is C51H49F10N7O7S2. The number of pyridine rings is 2. The first-order valence-corrected chi connectivity index (χ1v) is 27.3. The van der Waals surface area contributed by atoms with Crippen molar-refractivity contribution in [3.8, 4) is 11.4 Å². The molecule has 3 N–H and O–H groups in total. The Balaban J connectivity index is 0.000000169. The first-order chi connectivity index (χ1) is 36.2. The third-order valence-electron chi connectivity index (χ3n) is 13.7. The molecule has 0 radical (unpaired) electrons. The van der Waals surface area contributed by atoms with Crippen molar-refractivity contribution in [2.24, 2.45) is 17.6 Å². The number of carbonyl (C=O) groups is 2. The van der Waals surface area contributed by atoms with Crippen LogP contribution in [0.15, 0.2) is 107 Å². The van der Waals surface area contributed by atoms with Crippen LogP contribution in [0.1, 0.15) is 104 Å². The van der Waals surface area contributed by atoms with Crippen molar-refractivity contribution < 1.29 is 75.4 Å². The lowest BCUT2D eigenvalue weighted by Gasteiger charge is -2.19. The summed E-state index contributed by atoms with van der Waals surface area (Å²) in [4.78, 5) is 30.7.